The first kappa shape index (κ1) is 20.5. The SMILES string of the molecule is C=C1C=CC=Cc2c1n(-c1cc(-c3ccccn3)nc(-c3ccccn3)c1)c1cc(Br)ccc21. The van der Waals surface area contributed by atoms with E-state index in [-0.39, 0.29) is 0 Å². The fraction of sp³-hybridized carbons (Fsp3) is 0. The highest BCUT2D eigenvalue weighted by molar-refractivity contribution is 9.10. The van der Waals surface area contributed by atoms with Crippen LogP contribution in [-0.2, 0) is 0 Å². The van der Waals surface area contributed by atoms with Crippen LogP contribution in [0.2, 0.25) is 0 Å². The van der Waals surface area contributed by atoms with E-state index >= 15 is 0 Å². The highest BCUT2D eigenvalue weighted by Crippen LogP contribution is 2.38. The second-order valence-electron chi connectivity index (χ2n) is 8.03. The monoisotopic (exact) mass is 502 g/mol. The van der Waals surface area contributed by atoms with Gasteiger partial charge < -0.3 is 4.57 Å². The van der Waals surface area contributed by atoms with E-state index in [1.165, 1.54) is 0 Å². The zero-order valence-corrected chi connectivity index (χ0v) is 19.8. The summed E-state index contributed by atoms with van der Waals surface area (Å²) in [7, 11) is 0. The van der Waals surface area contributed by atoms with Crippen molar-refractivity contribution in [2.75, 3.05) is 0 Å². The molecule has 0 aliphatic heterocycles. The number of benzene rings is 1. The minimum atomic E-state index is 0.787. The third-order valence-electron chi connectivity index (χ3n) is 5.87. The number of pyridine rings is 3. The van der Waals surface area contributed by atoms with Crippen molar-refractivity contribution in [3.63, 3.8) is 0 Å². The second-order valence-corrected chi connectivity index (χ2v) is 8.94. The second kappa shape index (κ2) is 8.36. The zero-order valence-electron chi connectivity index (χ0n) is 18.2. The average molecular weight is 503 g/mol. The van der Waals surface area contributed by atoms with Gasteiger partial charge in [0.25, 0.3) is 0 Å². The average Bonchev–Trinajstić information content (AvgIpc) is 3.08. The molecule has 5 aromatic rings. The Hall–Kier alpha value is -4.09. The van der Waals surface area contributed by atoms with Gasteiger partial charge >= 0.3 is 0 Å². The van der Waals surface area contributed by atoms with E-state index in [0.29, 0.717) is 0 Å². The highest BCUT2D eigenvalue weighted by atomic mass is 79.9. The first-order valence-corrected chi connectivity index (χ1v) is 11.7. The predicted molar refractivity (Wildman–Crippen MR) is 142 cm³/mol. The van der Waals surface area contributed by atoms with Gasteiger partial charge in [-0.1, -0.05) is 65.0 Å². The molecule has 1 aromatic carbocycles. The Morgan fingerprint density at radius 2 is 1.41 bits per heavy atom. The molecule has 0 N–H and O–H groups in total. The van der Waals surface area contributed by atoms with Crippen molar-refractivity contribution in [3.8, 4) is 28.5 Å². The van der Waals surface area contributed by atoms with Crippen LogP contribution in [0.4, 0.5) is 0 Å². The number of hydrogen-bond donors (Lipinski definition) is 0. The third-order valence-corrected chi connectivity index (χ3v) is 6.36. The van der Waals surface area contributed by atoms with E-state index in [2.05, 4.69) is 79.5 Å². The van der Waals surface area contributed by atoms with E-state index in [1.807, 2.05) is 48.6 Å². The van der Waals surface area contributed by atoms with E-state index in [4.69, 9.17) is 4.98 Å². The topological polar surface area (TPSA) is 43.6 Å². The van der Waals surface area contributed by atoms with E-state index in [0.717, 1.165) is 60.7 Å². The van der Waals surface area contributed by atoms with Gasteiger partial charge in [0, 0.05) is 27.8 Å². The van der Waals surface area contributed by atoms with Gasteiger partial charge in [0.05, 0.1) is 39.7 Å². The number of halogens is 1. The Bertz CT molecular complexity index is 1560. The highest BCUT2D eigenvalue weighted by Gasteiger charge is 2.21. The van der Waals surface area contributed by atoms with Crippen LogP contribution in [0.1, 0.15) is 11.3 Å². The normalized spacial score (nSPS) is 12.7. The summed E-state index contributed by atoms with van der Waals surface area (Å²) in [6.07, 6.45) is 11.9. The van der Waals surface area contributed by atoms with Crippen LogP contribution >= 0.6 is 15.9 Å². The minimum absolute atomic E-state index is 0.787. The molecule has 0 atom stereocenters. The summed E-state index contributed by atoms with van der Waals surface area (Å²) < 4.78 is 3.28. The van der Waals surface area contributed by atoms with Gasteiger partial charge in [-0.15, -0.1) is 0 Å². The number of nitrogens with zero attached hydrogens (tertiary/aromatic N) is 4. The molecule has 1 aliphatic rings. The van der Waals surface area contributed by atoms with Gasteiger partial charge in [-0.3, -0.25) is 9.97 Å². The molecule has 1 aliphatic carbocycles. The molecule has 0 fully saturated rings. The fourth-order valence-electron chi connectivity index (χ4n) is 4.38. The van der Waals surface area contributed by atoms with Gasteiger partial charge in [0.2, 0.25) is 0 Å². The molecule has 0 amide bonds. The smallest absolute Gasteiger partial charge is 0.0915 e. The molecule has 4 nitrogen and oxygen atoms in total. The summed E-state index contributed by atoms with van der Waals surface area (Å²) in [6, 6.07) is 22.3. The molecule has 0 saturated heterocycles. The molecular formula is C29H19BrN4. The van der Waals surface area contributed by atoms with Crippen molar-refractivity contribution in [1.82, 2.24) is 19.5 Å². The van der Waals surface area contributed by atoms with Crippen LogP contribution in [0, 0.1) is 0 Å². The number of fused-ring (bicyclic) bond motifs is 3. The first-order valence-electron chi connectivity index (χ1n) is 10.9. The molecule has 5 heteroatoms. The number of allylic oxidation sites excluding steroid dienone is 4. The lowest BCUT2D eigenvalue weighted by atomic mass is 10.1. The van der Waals surface area contributed by atoms with E-state index in [9.17, 15) is 0 Å². The van der Waals surface area contributed by atoms with Crippen LogP contribution in [0.15, 0.2) is 108 Å². The third kappa shape index (κ3) is 3.51. The molecule has 0 bridgehead atoms. The Morgan fingerprint density at radius 1 is 0.735 bits per heavy atom. The lowest BCUT2D eigenvalue weighted by molar-refractivity contribution is 1.08. The van der Waals surface area contributed by atoms with Crippen LogP contribution in [0.5, 0.6) is 0 Å². The largest absolute Gasteiger partial charge is 0.308 e. The molecule has 0 saturated carbocycles. The summed E-state index contributed by atoms with van der Waals surface area (Å²) >= 11 is 3.67. The molecule has 6 rings (SSSR count). The molecule has 34 heavy (non-hydrogen) atoms. The standard InChI is InChI=1S/C29H19BrN4/c1-19-8-2-3-9-23-22-13-12-20(30)16-28(22)34(29(19)23)21-17-26(24-10-4-6-14-31-24)33-27(18-21)25-11-5-7-15-32-25/h2-18H,1H2. The minimum Gasteiger partial charge on any atom is -0.308 e. The molecule has 0 radical (unpaired) electrons. The fourth-order valence-corrected chi connectivity index (χ4v) is 4.73. The number of aromatic nitrogens is 4. The van der Waals surface area contributed by atoms with E-state index in [1.54, 1.807) is 12.4 Å². The number of rotatable bonds is 3. The van der Waals surface area contributed by atoms with Crippen molar-refractivity contribution >= 4 is 38.5 Å². The Balaban J connectivity index is 1.71. The first-order chi connectivity index (χ1) is 16.7. The van der Waals surface area contributed by atoms with Crippen LogP contribution < -0.4 is 0 Å². The van der Waals surface area contributed by atoms with Crippen molar-refractivity contribution in [3.05, 3.63) is 120 Å². The van der Waals surface area contributed by atoms with Crippen LogP contribution in [0.3, 0.4) is 0 Å². The van der Waals surface area contributed by atoms with Crippen molar-refractivity contribution in [2.45, 2.75) is 0 Å². The van der Waals surface area contributed by atoms with Gasteiger partial charge in [-0.25, -0.2) is 4.98 Å². The molecule has 0 unspecified atom stereocenters. The predicted octanol–water partition coefficient (Wildman–Crippen LogP) is 7.51. The maximum absolute atomic E-state index is 4.93. The zero-order chi connectivity index (χ0) is 23.1. The van der Waals surface area contributed by atoms with Gasteiger partial charge in [-0.05, 0) is 54.1 Å². The summed E-state index contributed by atoms with van der Waals surface area (Å²) in [4.78, 5) is 14.1. The van der Waals surface area contributed by atoms with Crippen LogP contribution in [-0.4, -0.2) is 19.5 Å². The maximum Gasteiger partial charge on any atom is 0.0915 e. The van der Waals surface area contributed by atoms with Crippen molar-refractivity contribution in [2.24, 2.45) is 0 Å². The Kier molecular flexibility index (Phi) is 5.04. The van der Waals surface area contributed by atoms with Gasteiger partial charge in [0.15, 0.2) is 0 Å². The number of hydrogen-bond acceptors (Lipinski definition) is 3. The molecule has 4 heterocycles. The quantitative estimate of drug-likeness (QED) is 0.256. The maximum atomic E-state index is 4.93. The van der Waals surface area contributed by atoms with Crippen molar-refractivity contribution < 1.29 is 0 Å². The molecule has 0 spiro atoms. The van der Waals surface area contributed by atoms with Gasteiger partial charge in [-0.2, -0.15) is 0 Å². The molecular weight excluding hydrogens is 484 g/mol. The van der Waals surface area contributed by atoms with Crippen molar-refractivity contribution in [1.29, 1.82) is 0 Å². The summed E-state index contributed by atoms with van der Waals surface area (Å²) in [6.45, 7) is 4.38. The summed E-state index contributed by atoms with van der Waals surface area (Å²) in [5.41, 5.74) is 8.41. The lowest BCUT2D eigenvalue weighted by Gasteiger charge is -2.15. The summed E-state index contributed by atoms with van der Waals surface area (Å²) in [5, 5.41) is 1.16. The Labute approximate surface area is 205 Å². The lowest BCUT2D eigenvalue weighted by Crippen LogP contribution is -2.02. The van der Waals surface area contributed by atoms with E-state index < -0.39 is 0 Å². The Morgan fingerprint density at radius 3 is 2.06 bits per heavy atom. The van der Waals surface area contributed by atoms with Gasteiger partial charge in [0.1, 0.15) is 0 Å². The molecule has 4 aromatic heterocycles. The van der Waals surface area contributed by atoms with Crippen LogP contribution in [0.25, 0.3) is 51.0 Å². The molecule has 162 valence electrons. The summed E-state index contributed by atoms with van der Waals surface area (Å²) in [5.74, 6) is 0.